The molecule has 0 amide bonds. The van der Waals surface area contributed by atoms with E-state index in [1.807, 2.05) is 25.1 Å². The normalized spacial score (nSPS) is 12.2. The molecule has 0 aromatic heterocycles. The number of hydrogen-bond acceptors (Lipinski definition) is 2. The van der Waals surface area contributed by atoms with Crippen LogP contribution >= 0.6 is 11.6 Å². The van der Waals surface area contributed by atoms with E-state index in [1.165, 1.54) is 11.1 Å². The first-order valence-electron chi connectivity index (χ1n) is 6.69. The van der Waals surface area contributed by atoms with Crippen LogP contribution in [0.4, 0.5) is 0 Å². The minimum atomic E-state index is -0.145. The predicted octanol–water partition coefficient (Wildman–Crippen LogP) is 4.34. The summed E-state index contributed by atoms with van der Waals surface area (Å²) in [5, 5.41) is 0.672. The third-order valence-electron chi connectivity index (χ3n) is 3.40. The van der Waals surface area contributed by atoms with Crippen LogP contribution in [0.2, 0.25) is 5.02 Å². The molecule has 0 aliphatic rings. The number of ether oxygens (including phenoxy) is 1. The Labute approximate surface area is 125 Å². The lowest BCUT2D eigenvalue weighted by atomic mass is 10.00. The van der Waals surface area contributed by atoms with Crippen LogP contribution in [0.5, 0.6) is 5.75 Å². The van der Waals surface area contributed by atoms with Gasteiger partial charge in [-0.1, -0.05) is 41.4 Å². The maximum atomic E-state index is 6.24. The Balaban J connectivity index is 2.10. The van der Waals surface area contributed by atoms with Gasteiger partial charge in [-0.25, -0.2) is 0 Å². The van der Waals surface area contributed by atoms with E-state index in [0.717, 1.165) is 16.9 Å². The second-order valence-electron chi connectivity index (χ2n) is 5.19. The number of hydrogen-bond donors (Lipinski definition) is 1. The summed E-state index contributed by atoms with van der Waals surface area (Å²) in [4.78, 5) is 0. The molecular weight excluding hydrogens is 270 g/mol. The van der Waals surface area contributed by atoms with Crippen molar-refractivity contribution in [3.05, 3.63) is 63.7 Å². The number of aryl methyl sites for hydroxylation is 3. The Hall–Kier alpha value is -1.51. The molecule has 2 aromatic carbocycles. The summed E-state index contributed by atoms with van der Waals surface area (Å²) in [5.74, 6) is 0.790. The van der Waals surface area contributed by atoms with Gasteiger partial charge < -0.3 is 10.5 Å². The third kappa shape index (κ3) is 3.53. The largest absolute Gasteiger partial charge is 0.491 e. The summed E-state index contributed by atoms with van der Waals surface area (Å²) in [6, 6.07) is 11.8. The van der Waals surface area contributed by atoms with Crippen molar-refractivity contribution >= 4 is 11.6 Å². The maximum Gasteiger partial charge on any atom is 0.123 e. The van der Waals surface area contributed by atoms with E-state index in [-0.39, 0.29) is 6.04 Å². The summed E-state index contributed by atoms with van der Waals surface area (Å²) in [5.41, 5.74) is 10.8. The zero-order valence-electron chi connectivity index (χ0n) is 12.1. The predicted molar refractivity (Wildman–Crippen MR) is 84.5 cm³/mol. The van der Waals surface area contributed by atoms with Crippen molar-refractivity contribution in [3.63, 3.8) is 0 Å². The molecule has 106 valence electrons. The zero-order valence-corrected chi connectivity index (χ0v) is 12.9. The molecule has 0 radical (unpaired) electrons. The smallest absolute Gasteiger partial charge is 0.123 e. The van der Waals surface area contributed by atoms with Crippen molar-refractivity contribution < 1.29 is 4.74 Å². The average molecular weight is 290 g/mol. The Bertz CT molecular complexity index is 610. The zero-order chi connectivity index (χ0) is 14.7. The summed E-state index contributed by atoms with van der Waals surface area (Å²) in [6.45, 7) is 6.57. The molecule has 2 rings (SSSR count). The minimum Gasteiger partial charge on any atom is -0.491 e. The van der Waals surface area contributed by atoms with E-state index in [2.05, 4.69) is 32.0 Å². The molecule has 0 aliphatic heterocycles. The van der Waals surface area contributed by atoms with Crippen LogP contribution in [-0.2, 0) is 0 Å². The summed E-state index contributed by atoms with van der Waals surface area (Å²) in [6.07, 6.45) is 0. The second kappa shape index (κ2) is 6.29. The Morgan fingerprint density at radius 3 is 2.50 bits per heavy atom. The Morgan fingerprint density at radius 1 is 1.05 bits per heavy atom. The number of benzene rings is 2. The van der Waals surface area contributed by atoms with Gasteiger partial charge in [0.1, 0.15) is 12.4 Å². The van der Waals surface area contributed by atoms with Gasteiger partial charge >= 0.3 is 0 Å². The quantitative estimate of drug-likeness (QED) is 0.908. The molecule has 20 heavy (non-hydrogen) atoms. The first-order chi connectivity index (χ1) is 9.47. The SMILES string of the molecule is Cc1ccc(C)c(C(N)COc2cc(Cl)ccc2C)c1. The van der Waals surface area contributed by atoms with E-state index in [4.69, 9.17) is 22.1 Å². The van der Waals surface area contributed by atoms with Crippen molar-refractivity contribution in [3.8, 4) is 5.75 Å². The molecule has 0 saturated heterocycles. The topological polar surface area (TPSA) is 35.2 Å². The van der Waals surface area contributed by atoms with Crippen molar-refractivity contribution in [1.82, 2.24) is 0 Å². The van der Waals surface area contributed by atoms with Gasteiger partial charge in [-0.3, -0.25) is 0 Å². The molecule has 0 fully saturated rings. The van der Waals surface area contributed by atoms with E-state index >= 15 is 0 Å². The van der Waals surface area contributed by atoms with Gasteiger partial charge in [-0.2, -0.15) is 0 Å². The van der Waals surface area contributed by atoms with Gasteiger partial charge in [0.15, 0.2) is 0 Å². The summed E-state index contributed by atoms with van der Waals surface area (Å²) < 4.78 is 5.82. The van der Waals surface area contributed by atoms with Crippen LogP contribution in [0, 0.1) is 20.8 Å². The summed E-state index contributed by atoms with van der Waals surface area (Å²) >= 11 is 5.98. The highest BCUT2D eigenvalue weighted by Crippen LogP contribution is 2.24. The standard InChI is InChI=1S/C17H20ClNO/c1-11-4-5-12(2)15(8-11)16(19)10-20-17-9-14(18)7-6-13(17)3/h4-9,16H,10,19H2,1-3H3. The van der Waals surface area contributed by atoms with Crippen molar-refractivity contribution in [2.24, 2.45) is 5.73 Å². The van der Waals surface area contributed by atoms with Crippen LogP contribution in [0.25, 0.3) is 0 Å². The molecular formula is C17H20ClNO. The van der Waals surface area contributed by atoms with E-state index in [1.54, 1.807) is 0 Å². The van der Waals surface area contributed by atoms with Crippen molar-refractivity contribution in [1.29, 1.82) is 0 Å². The van der Waals surface area contributed by atoms with Crippen LogP contribution in [0.15, 0.2) is 36.4 Å². The fraction of sp³-hybridized carbons (Fsp3) is 0.294. The molecule has 0 aliphatic carbocycles. The van der Waals surface area contributed by atoms with Gasteiger partial charge in [0.05, 0.1) is 6.04 Å². The number of halogens is 1. The van der Waals surface area contributed by atoms with E-state index in [0.29, 0.717) is 11.6 Å². The monoisotopic (exact) mass is 289 g/mol. The molecule has 0 bridgehead atoms. The Kier molecular flexibility index (Phi) is 4.69. The molecule has 0 heterocycles. The third-order valence-corrected chi connectivity index (χ3v) is 3.64. The van der Waals surface area contributed by atoms with Crippen molar-refractivity contribution in [2.75, 3.05) is 6.61 Å². The lowest BCUT2D eigenvalue weighted by molar-refractivity contribution is 0.288. The van der Waals surface area contributed by atoms with E-state index in [9.17, 15) is 0 Å². The summed E-state index contributed by atoms with van der Waals surface area (Å²) in [7, 11) is 0. The molecule has 1 atom stereocenters. The van der Waals surface area contributed by atoms with Gasteiger partial charge in [-0.05, 0) is 49.6 Å². The molecule has 1 unspecified atom stereocenters. The fourth-order valence-electron chi connectivity index (χ4n) is 2.16. The van der Waals surface area contributed by atoms with Crippen LogP contribution in [0.1, 0.15) is 28.3 Å². The van der Waals surface area contributed by atoms with Crippen LogP contribution in [-0.4, -0.2) is 6.61 Å². The average Bonchev–Trinajstić information content (AvgIpc) is 2.42. The maximum absolute atomic E-state index is 6.24. The molecule has 0 spiro atoms. The van der Waals surface area contributed by atoms with Gasteiger partial charge in [0.2, 0.25) is 0 Å². The highest BCUT2D eigenvalue weighted by molar-refractivity contribution is 6.30. The molecule has 0 saturated carbocycles. The number of nitrogens with two attached hydrogens (primary N) is 1. The highest BCUT2D eigenvalue weighted by Gasteiger charge is 2.11. The van der Waals surface area contributed by atoms with Crippen LogP contribution < -0.4 is 10.5 Å². The highest BCUT2D eigenvalue weighted by atomic mass is 35.5. The van der Waals surface area contributed by atoms with Gasteiger partial charge in [0, 0.05) is 5.02 Å². The first kappa shape index (κ1) is 14.9. The minimum absolute atomic E-state index is 0.145. The molecule has 3 heteroatoms. The molecule has 2 N–H and O–H groups in total. The van der Waals surface area contributed by atoms with Crippen LogP contribution in [0.3, 0.4) is 0 Å². The number of rotatable bonds is 4. The van der Waals surface area contributed by atoms with E-state index < -0.39 is 0 Å². The first-order valence-corrected chi connectivity index (χ1v) is 7.07. The molecule has 2 aromatic rings. The lowest BCUT2D eigenvalue weighted by Crippen LogP contribution is -2.20. The van der Waals surface area contributed by atoms with Gasteiger partial charge in [-0.15, -0.1) is 0 Å². The fourth-order valence-corrected chi connectivity index (χ4v) is 2.32. The Morgan fingerprint density at radius 2 is 1.75 bits per heavy atom. The second-order valence-corrected chi connectivity index (χ2v) is 5.62. The van der Waals surface area contributed by atoms with Gasteiger partial charge in [0.25, 0.3) is 0 Å². The molecule has 2 nitrogen and oxygen atoms in total. The van der Waals surface area contributed by atoms with Crippen molar-refractivity contribution in [2.45, 2.75) is 26.8 Å². The lowest BCUT2D eigenvalue weighted by Gasteiger charge is -2.17.